The minimum Gasteiger partial charge on any atom is -0.374 e. The molecule has 2 aromatic rings. The van der Waals surface area contributed by atoms with Crippen LogP contribution in [0.2, 0.25) is 0 Å². The fraction of sp³-hybridized carbons (Fsp3) is 0.440. The Balaban J connectivity index is 1.67. The average molecular weight is 349 g/mol. The minimum atomic E-state index is 0.134. The van der Waals surface area contributed by atoms with Crippen LogP contribution < -0.4 is 0 Å². The van der Waals surface area contributed by atoms with Gasteiger partial charge >= 0.3 is 0 Å². The number of hydrogen-bond acceptors (Lipinski definition) is 1. The highest BCUT2D eigenvalue weighted by Gasteiger charge is 2.40. The molecule has 3 atom stereocenters. The fourth-order valence-electron chi connectivity index (χ4n) is 4.35. The largest absolute Gasteiger partial charge is 0.374 e. The molecular weight excluding hydrogens is 316 g/mol. The van der Waals surface area contributed by atoms with Crippen LogP contribution in [0.1, 0.15) is 51.2 Å². The van der Waals surface area contributed by atoms with Crippen LogP contribution >= 0.6 is 0 Å². The van der Waals surface area contributed by atoms with Crippen LogP contribution in [0, 0.1) is 11.8 Å². The van der Waals surface area contributed by atoms with Gasteiger partial charge in [0.1, 0.15) is 0 Å². The predicted molar refractivity (Wildman–Crippen MR) is 111 cm³/mol. The first-order chi connectivity index (χ1) is 12.6. The second-order valence-electron chi connectivity index (χ2n) is 8.30. The maximum atomic E-state index is 6.41. The van der Waals surface area contributed by atoms with Crippen LogP contribution in [0.4, 0.5) is 0 Å². The summed E-state index contributed by atoms with van der Waals surface area (Å²) in [6.07, 6.45) is 8.36. The fourth-order valence-corrected chi connectivity index (χ4v) is 4.35. The van der Waals surface area contributed by atoms with Gasteiger partial charge in [0, 0.05) is 0 Å². The Morgan fingerprint density at radius 3 is 2.31 bits per heavy atom. The lowest BCUT2D eigenvalue weighted by Crippen LogP contribution is -2.42. The first-order valence-corrected chi connectivity index (χ1v) is 9.96. The molecule has 0 unspecified atom stereocenters. The summed E-state index contributed by atoms with van der Waals surface area (Å²) in [5, 5.41) is 0. The van der Waals surface area contributed by atoms with E-state index in [2.05, 4.69) is 87.5 Å². The Labute approximate surface area is 159 Å². The molecule has 0 heterocycles. The first-order valence-electron chi connectivity index (χ1n) is 9.96. The Bertz CT molecular complexity index is 687. The maximum absolute atomic E-state index is 6.41. The normalized spacial score (nSPS) is 24.0. The van der Waals surface area contributed by atoms with Gasteiger partial charge in [-0.2, -0.15) is 0 Å². The molecule has 0 spiro atoms. The third-order valence-electron chi connectivity index (χ3n) is 6.02. The Kier molecular flexibility index (Phi) is 6.32. The number of rotatable bonds is 6. The van der Waals surface area contributed by atoms with E-state index in [4.69, 9.17) is 4.74 Å². The smallest absolute Gasteiger partial charge is 0.0654 e. The van der Waals surface area contributed by atoms with E-state index in [-0.39, 0.29) is 5.41 Å². The lowest BCUT2D eigenvalue weighted by Gasteiger charge is -2.44. The van der Waals surface area contributed by atoms with Crippen molar-refractivity contribution in [2.45, 2.75) is 51.6 Å². The summed E-state index contributed by atoms with van der Waals surface area (Å²) < 4.78 is 6.41. The van der Waals surface area contributed by atoms with Gasteiger partial charge in [-0.25, -0.2) is 0 Å². The molecule has 1 heteroatoms. The standard InChI is InChI=1S/C25H32O/c1-20-16-17-23(25(2,3)22-14-8-5-9-15-22)24(19-20)26-18-10-13-21-11-6-4-7-12-21/h4-15,20,23-24H,16-19H2,1-3H3/b13-10+/t20-,23-,24-/m1/s1. The second-order valence-corrected chi connectivity index (χ2v) is 8.30. The van der Waals surface area contributed by atoms with E-state index >= 15 is 0 Å². The SMILES string of the molecule is C[C@@H]1CC[C@@H](C(C)(C)c2ccccc2)[C@H](OC/C=C/c2ccccc2)C1. The molecule has 138 valence electrons. The maximum Gasteiger partial charge on any atom is 0.0654 e. The summed E-state index contributed by atoms with van der Waals surface area (Å²) in [6, 6.07) is 21.4. The molecule has 1 fully saturated rings. The van der Waals surface area contributed by atoms with E-state index in [1.165, 1.54) is 30.4 Å². The van der Waals surface area contributed by atoms with Gasteiger partial charge in [0.25, 0.3) is 0 Å². The van der Waals surface area contributed by atoms with Gasteiger partial charge in [-0.3, -0.25) is 0 Å². The number of benzene rings is 2. The summed E-state index contributed by atoms with van der Waals surface area (Å²) in [4.78, 5) is 0. The van der Waals surface area contributed by atoms with Crippen molar-refractivity contribution in [3.8, 4) is 0 Å². The lowest BCUT2D eigenvalue weighted by molar-refractivity contribution is -0.0346. The molecule has 3 rings (SSSR count). The summed E-state index contributed by atoms with van der Waals surface area (Å²) >= 11 is 0. The van der Waals surface area contributed by atoms with Crippen molar-refractivity contribution in [1.29, 1.82) is 0 Å². The topological polar surface area (TPSA) is 9.23 Å². The molecule has 0 aromatic heterocycles. The van der Waals surface area contributed by atoms with E-state index in [0.29, 0.717) is 18.6 Å². The van der Waals surface area contributed by atoms with Crippen molar-refractivity contribution in [3.63, 3.8) is 0 Å². The zero-order chi connectivity index (χ0) is 18.4. The van der Waals surface area contributed by atoms with Crippen molar-refractivity contribution in [3.05, 3.63) is 77.9 Å². The Morgan fingerprint density at radius 1 is 0.962 bits per heavy atom. The molecule has 0 N–H and O–H groups in total. The van der Waals surface area contributed by atoms with E-state index in [0.717, 1.165) is 5.92 Å². The van der Waals surface area contributed by atoms with Gasteiger partial charge in [0.05, 0.1) is 12.7 Å². The lowest BCUT2D eigenvalue weighted by atomic mass is 9.64. The summed E-state index contributed by atoms with van der Waals surface area (Å²) in [5.74, 6) is 1.31. The molecule has 0 aliphatic heterocycles. The van der Waals surface area contributed by atoms with Crippen LogP contribution in [-0.4, -0.2) is 12.7 Å². The number of hydrogen-bond donors (Lipinski definition) is 0. The van der Waals surface area contributed by atoms with E-state index in [1.807, 2.05) is 6.07 Å². The molecule has 26 heavy (non-hydrogen) atoms. The Hall–Kier alpha value is -1.86. The zero-order valence-corrected chi connectivity index (χ0v) is 16.4. The predicted octanol–water partition coefficient (Wildman–Crippen LogP) is 6.50. The van der Waals surface area contributed by atoms with Gasteiger partial charge in [-0.1, -0.05) is 100 Å². The van der Waals surface area contributed by atoms with Gasteiger partial charge in [-0.05, 0) is 41.2 Å². The third-order valence-corrected chi connectivity index (χ3v) is 6.02. The van der Waals surface area contributed by atoms with Crippen molar-refractivity contribution < 1.29 is 4.74 Å². The van der Waals surface area contributed by atoms with Crippen LogP contribution in [0.25, 0.3) is 6.08 Å². The molecular formula is C25H32O. The third kappa shape index (κ3) is 4.65. The van der Waals surface area contributed by atoms with Gasteiger partial charge < -0.3 is 4.74 Å². The summed E-state index contributed by atoms with van der Waals surface area (Å²) in [7, 11) is 0. The molecule has 0 saturated heterocycles. The molecule has 1 aliphatic carbocycles. The van der Waals surface area contributed by atoms with E-state index in [9.17, 15) is 0 Å². The minimum absolute atomic E-state index is 0.134. The van der Waals surface area contributed by atoms with Crippen LogP contribution in [-0.2, 0) is 10.2 Å². The monoisotopic (exact) mass is 348 g/mol. The molecule has 1 aliphatic rings. The van der Waals surface area contributed by atoms with Gasteiger partial charge in [0.2, 0.25) is 0 Å². The van der Waals surface area contributed by atoms with Crippen molar-refractivity contribution in [2.75, 3.05) is 6.61 Å². The van der Waals surface area contributed by atoms with E-state index < -0.39 is 0 Å². The van der Waals surface area contributed by atoms with Gasteiger partial charge in [0.15, 0.2) is 0 Å². The summed E-state index contributed by atoms with van der Waals surface area (Å²) in [5.41, 5.74) is 2.79. The molecule has 0 bridgehead atoms. The highest BCUT2D eigenvalue weighted by molar-refractivity contribution is 5.48. The Morgan fingerprint density at radius 2 is 1.62 bits per heavy atom. The molecule has 2 aromatic carbocycles. The van der Waals surface area contributed by atoms with E-state index in [1.54, 1.807) is 0 Å². The second kappa shape index (κ2) is 8.68. The molecule has 0 radical (unpaired) electrons. The van der Waals surface area contributed by atoms with Crippen molar-refractivity contribution in [2.24, 2.45) is 11.8 Å². The quantitative estimate of drug-likeness (QED) is 0.579. The highest BCUT2D eigenvalue weighted by atomic mass is 16.5. The highest BCUT2D eigenvalue weighted by Crippen LogP contribution is 2.43. The van der Waals surface area contributed by atoms with Crippen molar-refractivity contribution >= 4 is 6.08 Å². The van der Waals surface area contributed by atoms with Crippen LogP contribution in [0.5, 0.6) is 0 Å². The average Bonchev–Trinajstić information content (AvgIpc) is 2.67. The molecule has 1 saturated carbocycles. The first kappa shape index (κ1) is 18.9. The molecule has 0 amide bonds. The van der Waals surface area contributed by atoms with Crippen LogP contribution in [0.15, 0.2) is 66.7 Å². The van der Waals surface area contributed by atoms with Crippen molar-refractivity contribution in [1.82, 2.24) is 0 Å². The van der Waals surface area contributed by atoms with Gasteiger partial charge in [-0.15, -0.1) is 0 Å². The zero-order valence-electron chi connectivity index (χ0n) is 16.4. The van der Waals surface area contributed by atoms with Crippen LogP contribution in [0.3, 0.4) is 0 Å². The molecule has 1 nitrogen and oxygen atoms in total. The summed E-state index contributed by atoms with van der Waals surface area (Å²) in [6.45, 7) is 7.83. The number of ether oxygens (including phenoxy) is 1.